The molecule has 0 aliphatic heterocycles. The van der Waals surface area contributed by atoms with Gasteiger partial charge in [-0.2, -0.15) is 0 Å². The van der Waals surface area contributed by atoms with E-state index in [1.54, 1.807) is 6.33 Å². The van der Waals surface area contributed by atoms with Crippen LogP contribution in [0.2, 0.25) is 0 Å². The first-order valence-electron chi connectivity index (χ1n) is 12.4. The van der Waals surface area contributed by atoms with Crippen LogP contribution in [0.3, 0.4) is 0 Å². The van der Waals surface area contributed by atoms with Gasteiger partial charge in [0.1, 0.15) is 6.33 Å². The summed E-state index contributed by atoms with van der Waals surface area (Å²) >= 11 is 3.64. The second-order valence-electron chi connectivity index (χ2n) is 9.14. The Bertz CT molecular complexity index is 1930. The van der Waals surface area contributed by atoms with Crippen molar-refractivity contribution in [3.63, 3.8) is 0 Å². The van der Waals surface area contributed by atoms with Crippen molar-refractivity contribution < 1.29 is 0 Å². The van der Waals surface area contributed by atoms with Crippen LogP contribution < -0.4 is 0 Å². The van der Waals surface area contributed by atoms with Gasteiger partial charge in [0.2, 0.25) is 0 Å². The standard InChI is InChI=1S/C33H21BrN4/c34-26-17-18-31-29(20-26)28-11-4-5-12-30(28)38(31)27-10-6-9-25(19-27)33-36-21-35-32(37-33)24-15-13-23(14-16-24)22-7-2-1-3-8-22/h1-21H. The lowest BCUT2D eigenvalue weighted by atomic mass is 10.0. The van der Waals surface area contributed by atoms with Crippen LogP contribution in [0.25, 0.3) is 61.4 Å². The number of para-hydroxylation sites is 1. The Kier molecular flexibility index (Phi) is 5.56. The Hall–Kier alpha value is -4.61. The Labute approximate surface area is 228 Å². The SMILES string of the molecule is Brc1ccc2c(c1)c1ccccc1n2-c1cccc(-c2ncnc(-c3ccc(-c4ccccc4)cc3)n2)c1. The minimum Gasteiger partial charge on any atom is -0.309 e. The van der Waals surface area contributed by atoms with E-state index in [9.17, 15) is 0 Å². The Morgan fingerprint density at radius 2 is 1.16 bits per heavy atom. The predicted octanol–water partition coefficient (Wildman–Crippen LogP) is 8.73. The maximum Gasteiger partial charge on any atom is 0.163 e. The van der Waals surface area contributed by atoms with E-state index in [1.807, 2.05) is 24.3 Å². The molecule has 0 aliphatic rings. The van der Waals surface area contributed by atoms with Gasteiger partial charge in [-0.05, 0) is 47.5 Å². The molecule has 0 unspecified atom stereocenters. The highest BCUT2D eigenvalue weighted by Gasteiger charge is 2.14. The molecule has 2 aromatic heterocycles. The zero-order valence-electron chi connectivity index (χ0n) is 20.3. The highest BCUT2D eigenvalue weighted by atomic mass is 79.9. The molecule has 0 saturated heterocycles. The Balaban J connectivity index is 1.29. The summed E-state index contributed by atoms with van der Waals surface area (Å²) in [4.78, 5) is 13.8. The van der Waals surface area contributed by atoms with Gasteiger partial charge in [0, 0.05) is 32.1 Å². The van der Waals surface area contributed by atoms with Crippen molar-refractivity contribution in [1.29, 1.82) is 0 Å². The van der Waals surface area contributed by atoms with Crippen molar-refractivity contribution in [2.75, 3.05) is 0 Å². The molecule has 0 fully saturated rings. The van der Waals surface area contributed by atoms with Crippen molar-refractivity contribution in [3.8, 4) is 39.6 Å². The van der Waals surface area contributed by atoms with Gasteiger partial charge in [0.05, 0.1) is 11.0 Å². The summed E-state index contributed by atoms with van der Waals surface area (Å²) in [6.07, 6.45) is 1.59. The molecular weight excluding hydrogens is 532 g/mol. The molecule has 0 radical (unpaired) electrons. The monoisotopic (exact) mass is 552 g/mol. The molecule has 7 aromatic rings. The van der Waals surface area contributed by atoms with Crippen molar-refractivity contribution in [1.82, 2.24) is 19.5 Å². The summed E-state index contributed by atoms with van der Waals surface area (Å²) < 4.78 is 3.36. The van der Waals surface area contributed by atoms with Gasteiger partial charge in [-0.3, -0.25) is 0 Å². The van der Waals surface area contributed by atoms with E-state index >= 15 is 0 Å². The molecule has 0 bridgehead atoms. The van der Waals surface area contributed by atoms with E-state index < -0.39 is 0 Å². The van der Waals surface area contributed by atoms with Gasteiger partial charge in [-0.25, -0.2) is 15.0 Å². The average Bonchev–Trinajstić information content (AvgIpc) is 3.31. The first kappa shape index (κ1) is 22.6. The fraction of sp³-hybridized carbons (Fsp3) is 0. The third-order valence-corrected chi connectivity index (χ3v) is 7.31. The number of hydrogen-bond donors (Lipinski definition) is 0. The third kappa shape index (κ3) is 3.98. The highest BCUT2D eigenvalue weighted by Crippen LogP contribution is 2.34. The molecule has 4 nitrogen and oxygen atoms in total. The van der Waals surface area contributed by atoms with Crippen LogP contribution in [0, 0.1) is 0 Å². The second kappa shape index (κ2) is 9.36. The van der Waals surface area contributed by atoms with Crippen LogP contribution in [0.1, 0.15) is 0 Å². The lowest BCUT2D eigenvalue weighted by Gasteiger charge is -2.10. The summed E-state index contributed by atoms with van der Waals surface area (Å²) in [6, 6.07) is 42.0. The molecule has 0 N–H and O–H groups in total. The molecule has 0 spiro atoms. The van der Waals surface area contributed by atoms with Gasteiger partial charge in [-0.15, -0.1) is 0 Å². The first-order valence-corrected chi connectivity index (χ1v) is 13.2. The lowest BCUT2D eigenvalue weighted by molar-refractivity contribution is 1.06. The van der Waals surface area contributed by atoms with Crippen molar-refractivity contribution in [3.05, 3.63) is 132 Å². The fourth-order valence-corrected chi connectivity index (χ4v) is 5.39. The molecule has 2 heterocycles. The van der Waals surface area contributed by atoms with Crippen LogP contribution in [-0.2, 0) is 0 Å². The van der Waals surface area contributed by atoms with Crippen LogP contribution in [0.15, 0.2) is 132 Å². The first-order chi connectivity index (χ1) is 18.7. The fourth-order valence-electron chi connectivity index (χ4n) is 5.02. The molecule has 5 heteroatoms. The number of benzene rings is 5. The largest absolute Gasteiger partial charge is 0.309 e. The molecule has 5 aromatic carbocycles. The summed E-state index contributed by atoms with van der Waals surface area (Å²) in [5.74, 6) is 1.30. The van der Waals surface area contributed by atoms with Gasteiger partial charge in [0.25, 0.3) is 0 Å². The molecular formula is C33H21BrN4. The number of hydrogen-bond acceptors (Lipinski definition) is 3. The predicted molar refractivity (Wildman–Crippen MR) is 158 cm³/mol. The maximum absolute atomic E-state index is 4.84. The Morgan fingerprint density at radius 1 is 0.500 bits per heavy atom. The van der Waals surface area contributed by atoms with E-state index in [4.69, 9.17) is 4.98 Å². The number of rotatable bonds is 4. The van der Waals surface area contributed by atoms with E-state index in [0.29, 0.717) is 11.6 Å². The molecule has 0 aliphatic carbocycles. The molecule has 180 valence electrons. The lowest BCUT2D eigenvalue weighted by Crippen LogP contribution is -1.97. The summed E-state index contributed by atoms with van der Waals surface area (Å²) in [5, 5.41) is 2.43. The Morgan fingerprint density at radius 3 is 2.00 bits per heavy atom. The van der Waals surface area contributed by atoms with E-state index in [2.05, 4.69) is 128 Å². The van der Waals surface area contributed by atoms with Gasteiger partial charge in [0.15, 0.2) is 11.6 Å². The van der Waals surface area contributed by atoms with E-state index in [-0.39, 0.29) is 0 Å². The van der Waals surface area contributed by atoms with Gasteiger partial charge >= 0.3 is 0 Å². The van der Waals surface area contributed by atoms with Crippen molar-refractivity contribution in [2.24, 2.45) is 0 Å². The molecule has 7 rings (SSSR count). The molecule has 38 heavy (non-hydrogen) atoms. The van der Waals surface area contributed by atoms with Crippen LogP contribution in [-0.4, -0.2) is 19.5 Å². The maximum atomic E-state index is 4.84. The number of fused-ring (bicyclic) bond motifs is 3. The molecule has 0 amide bonds. The van der Waals surface area contributed by atoms with Gasteiger partial charge in [-0.1, -0.05) is 101 Å². The number of aromatic nitrogens is 4. The van der Waals surface area contributed by atoms with E-state index in [1.165, 1.54) is 16.3 Å². The van der Waals surface area contributed by atoms with E-state index in [0.717, 1.165) is 37.9 Å². The number of nitrogens with zero attached hydrogens (tertiary/aromatic N) is 4. The van der Waals surface area contributed by atoms with Crippen molar-refractivity contribution >= 4 is 37.7 Å². The topological polar surface area (TPSA) is 43.6 Å². The smallest absolute Gasteiger partial charge is 0.163 e. The normalized spacial score (nSPS) is 11.3. The van der Waals surface area contributed by atoms with Crippen molar-refractivity contribution in [2.45, 2.75) is 0 Å². The molecule has 0 saturated carbocycles. The van der Waals surface area contributed by atoms with Crippen LogP contribution in [0.4, 0.5) is 0 Å². The summed E-state index contributed by atoms with van der Waals surface area (Å²) in [7, 11) is 0. The second-order valence-corrected chi connectivity index (χ2v) is 10.1. The van der Waals surface area contributed by atoms with Crippen LogP contribution >= 0.6 is 15.9 Å². The minimum absolute atomic E-state index is 0.646. The highest BCUT2D eigenvalue weighted by molar-refractivity contribution is 9.10. The third-order valence-electron chi connectivity index (χ3n) is 6.82. The molecule has 0 atom stereocenters. The summed E-state index contributed by atoms with van der Waals surface area (Å²) in [6.45, 7) is 0. The zero-order valence-corrected chi connectivity index (χ0v) is 21.9. The number of halogens is 1. The zero-order chi connectivity index (χ0) is 25.5. The quantitative estimate of drug-likeness (QED) is 0.219. The average molecular weight is 553 g/mol. The minimum atomic E-state index is 0.646. The van der Waals surface area contributed by atoms with Crippen LogP contribution in [0.5, 0.6) is 0 Å². The summed E-state index contributed by atoms with van der Waals surface area (Å²) in [5.41, 5.74) is 7.62. The van der Waals surface area contributed by atoms with Gasteiger partial charge < -0.3 is 4.57 Å².